The van der Waals surface area contributed by atoms with Crippen molar-refractivity contribution in [1.82, 2.24) is 9.88 Å². The van der Waals surface area contributed by atoms with E-state index in [-0.39, 0.29) is 17.7 Å². The molecule has 0 spiro atoms. The SMILES string of the molecule is CN(C(=O)CSCC(F)(F)F)C1CCN(c2ccccn2)CC1. The van der Waals surface area contributed by atoms with Crippen molar-refractivity contribution < 1.29 is 18.0 Å². The summed E-state index contributed by atoms with van der Waals surface area (Å²) < 4.78 is 36.3. The van der Waals surface area contributed by atoms with Crippen LogP contribution in [0.5, 0.6) is 0 Å². The van der Waals surface area contributed by atoms with Gasteiger partial charge in [0, 0.05) is 32.4 Å². The molecule has 1 aromatic heterocycles. The van der Waals surface area contributed by atoms with Crippen LogP contribution in [0.1, 0.15) is 12.8 Å². The van der Waals surface area contributed by atoms with Gasteiger partial charge < -0.3 is 9.80 Å². The maximum absolute atomic E-state index is 12.1. The first kappa shape index (κ1) is 17.9. The third-order valence-corrected chi connectivity index (χ3v) is 4.85. The molecule has 1 aliphatic heterocycles. The summed E-state index contributed by atoms with van der Waals surface area (Å²) in [4.78, 5) is 20.1. The fourth-order valence-corrected chi connectivity index (χ4v) is 3.29. The molecule has 23 heavy (non-hydrogen) atoms. The van der Waals surface area contributed by atoms with Crippen LogP contribution >= 0.6 is 11.8 Å². The standard InChI is InChI=1S/C15H20F3N3OS/c1-20(14(22)10-23-11-15(16,17)18)12-5-8-21(9-6-12)13-4-2-3-7-19-13/h2-4,7,12H,5-6,8-11H2,1H3. The first-order valence-corrected chi connectivity index (χ1v) is 8.58. The van der Waals surface area contributed by atoms with E-state index >= 15 is 0 Å². The van der Waals surface area contributed by atoms with Gasteiger partial charge in [-0.05, 0) is 25.0 Å². The fraction of sp³-hybridized carbons (Fsp3) is 0.600. The molecule has 0 N–H and O–H groups in total. The minimum Gasteiger partial charge on any atom is -0.356 e. The van der Waals surface area contributed by atoms with Crippen molar-refractivity contribution in [3.63, 3.8) is 0 Å². The summed E-state index contributed by atoms with van der Waals surface area (Å²) >= 11 is 0.621. The minimum absolute atomic E-state index is 0.0777. The monoisotopic (exact) mass is 347 g/mol. The van der Waals surface area contributed by atoms with E-state index in [1.165, 1.54) is 0 Å². The molecule has 128 valence electrons. The van der Waals surface area contributed by atoms with Gasteiger partial charge in [0.1, 0.15) is 5.82 Å². The number of carbonyl (C=O) groups excluding carboxylic acids is 1. The highest BCUT2D eigenvalue weighted by molar-refractivity contribution is 8.00. The van der Waals surface area contributed by atoms with Crippen LogP contribution in [0.15, 0.2) is 24.4 Å². The van der Waals surface area contributed by atoms with Gasteiger partial charge in [-0.1, -0.05) is 6.07 Å². The number of pyridine rings is 1. The summed E-state index contributed by atoms with van der Waals surface area (Å²) in [5.41, 5.74) is 0. The van der Waals surface area contributed by atoms with Crippen molar-refractivity contribution in [2.45, 2.75) is 25.1 Å². The number of aromatic nitrogens is 1. The zero-order valence-corrected chi connectivity index (χ0v) is 13.7. The predicted molar refractivity (Wildman–Crippen MR) is 85.6 cm³/mol. The molecule has 1 saturated heterocycles. The van der Waals surface area contributed by atoms with E-state index in [4.69, 9.17) is 0 Å². The van der Waals surface area contributed by atoms with Crippen LogP contribution in [0, 0.1) is 0 Å². The Morgan fingerprint density at radius 2 is 2.09 bits per heavy atom. The molecule has 0 aromatic carbocycles. The Morgan fingerprint density at radius 3 is 2.65 bits per heavy atom. The van der Waals surface area contributed by atoms with E-state index < -0.39 is 11.9 Å². The number of nitrogens with zero attached hydrogens (tertiary/aromatic N) is 3. The van der Waals surface area contributed by atoms with Crippen molar-refractivity contribution in [2.75, 3.05) is 36.5 Å². The first-order valence-electron chi connectivity index (χ1n) is 7.43. The molecule has 0 atom stereocenters. The van der Waals surface area contributed by atoms with E-state index in [2.05, 4.69) is 9.88 Å². The second kappa shape index (κ2) is 7.90. The average Bonchev–Trinajstić information content (AvgIpc) is 2.54. The lowest BCUT2D eigenvalue weighted by molar-refractivity contribution is -0.129. The lowest BCUT2D eigenvalue weighted by Crippen LogP contribution is -2.46. The van der Waals surface area contributed by atoms with E-state index in [0.717, 1.165) is 31.7 Å². The topological polar surface area (TPSA) is 36.4 Å². The average molecular weight is 347 g/mol. The molecule has 0 unspecified atom stereocenters. The number of anilines is 1. The van der Waals surface area contributed by atoms with Crippen LogP contribution in [0.3, 0.4) is 0 Å². The van der Waals surface area contributed by atoms with Gasteiger partial charge in [0.15, 0.2) is 0 Å². The second-order valence-corrected chi connectivity index (χ2v) is 6.50. The number of piperidine rings is 1. The molecule has 4 nitrogen and oxygen atoms in total. The largest absolute Gasteiger partial charge is 0.397 e. The first-order chi connectivity index (χ1) is 10.9. The van der Waals surface area contributed by atoms with Gasteiger partial charge in [-0.15, -0.1) is 11.8 Å². The second-order valence-electron chi connectivity index (χ2n) is 5.52. The Kier molecular flexibility index (Phi) is 6.15. The lowest BCUT2D eigenvalue weighted by Gasteiger charge is -2.37. The van der Waals surface area contributed by atoms with Crippen molar-refractivity contribution >= 4 is 23.5 Å². The van der Waals surface area contributed by atoms with E-state index in [0.29, 0.717) is 11.8 Å². The molecule has 0 aliphatic carbocycles. The molecule has 2 rings (SSSR count). The van der Waals surface area contributed by atoms with Gasteiger partial charge in [-0.2, -0.15) is 13.2 Å². The van der Waals surface area contributed by atoms with Gasteiger partial charge >= 0.3 is 6.18 Å². The Morgan fingerprint density at radius 1 is 1.39 bits per heavy atom. The van der Waals surface area contributed by atoms with Crippen LogP contribution in [-0.2, 0) is 4.79 Å². The Labute approximate surface area is 138 Å². The molecular weight excluding hydrogens is 327 g/mol. The lowest BCUT2D eigenvalue weighted by atomic mass is 10.0. The van der Waals surface area contributed by atoms with Crippen LogP contribution in [-0.4, -0.2) is 59.7 Å². The van der Waals surface area contributed by atoms with Crippen LogP contribution < -0.4 is 4.90 Å². The maximum Gasteiger partial charge on any atom is 0.397 e. The number of amides is 1. The summed E-state index contributed by atoms with van der Waals surface area (Å²) in [6.45, 7) is 1.57. The molecule has 1 aromatic rings. The maximum atomic E-state index is 12.1. The zero-order valence-electron chi connectivity index (χ0n) is 12.9. The third kappa shape index (κ3) is 5.60. The number of alkyl halides is 3. The van der Waals surface area contributed by atoms with E-state index in [1.807, 2.05) is 18.2 Å². The molecular formula is C15H20F3N3OS. The molecule has 1 aliphatic rings. The van der Waals surface area contributed by atoms with Crippen LogP contribution in [0.4, 0.5) is 19.0 Å². The summed E-state index contributed by atoms with van der Waals surface area (Å²) in [7, 11) is 1.68. The van der Waals surface area contributed by atoms with Gasteiger partial charge in [-0.3, -0.25) is 4.79 Å². The number of carbonyl (C=O) groups is 1. The Hall–Kier alpha value is -1.44. The van der Waals surface area contributed by atoms with E-state index in [9.17, 15) is 18.0 Å². The summed E-state index contributed by atoms with van der Waals surface area (Å²) in [6.07, 6.45) is -0.891. The van der Waals surface area contributed by atoms with Crippen molar-refractivity contribution in [3.05, 3.63) is 24.4 Å². The predicted octanol–water partition coefficient (Wildman–Crippen LogP) is 2.80. The molecule has 8 heteroatoms. The van der Waals surface area contributed by atoms with Crippen molar-refractivity contribution in [2.24, 2.45) is 0 Å². The summed E-state index contributed by atoms with van der Waals surface area (Å²) in [6, 6.07) is 5.82. The Balaban J connectivity index is 1.77. The van der Waals surface area contributed by atoms with E-state index in [1.54, 1.807) is 18.1 Å². The summed E-state index contributed by atoms with van der Waals surface area (Å²) in [5, 5.41) is 0. The van der Waals surface area contributed by atoms with Gasteiger partial charge in [0.25, 0.3) is 0 Å². The van der Waals surface area contributed by atoms with Crippen LogP contribution in [0.25, 0.3) is 0 Å². The number of thioether (sulfide) groups is 1. The normalized spacial score (nSPS) is 16.4. The zero-order chi connectivity index (χ0) is 16.9. The van der Waals surface area contributed by atoms with Gasteiger partial charge in [-0.25, -0.2) is 4.98 Å². The summed E-state index contributed by atoms with van der Waals surface area (Å²) in [5.74, 6) is -0.433. The molecule has 1 amide bonds. The van der Waals surface area contributed by atoms with Crippen LogP contribution in [0.2, 0.25) is 0 Å². The molecule has 0 saturated carbocycles. The smallest absolute Gasteiger partial charge is 0.356 e. The molecule has 1 fully saturated rings. The number of hydrogen-bond donors (Lipinski definition) is 0. The number of hydrogen-bond acceptors (Lipinski definition) is 4. The highest BCUT2D eigenvalue weighted by Crippen LogP contribution is 2.23. The fourth-order valence-electron chi connectivity index (χ4n) is 2.58. The van der Waals surface area contributed by atoms with Gasteiger partial charge in [0.2, 0.25) is 5.91 Å². The number of halogens is 3. The molecule has 0 bridgehead atoms. The van der Waals surface area contributed by atoms with Gasteiger partial charge in [0.05, 0.1) is 11.5 Å². The Bertz CT molecular complexity index is 504. The quantitative estimate of drug-likeness (QED) is 0.821. The molecule has 2 heterocycles. The number of rotatable bonds is 5. The highest BCUT2D eigenvalue weighted by atomic mass is 32.2. The highest BCUT2D eigenvalue weighted by Gasteiger charge is 2.29. The third-order valence-electron chi connectivity index (χ3n) is 3.87. The minimum atomic E-state index is -4.22. The van der Waals surface area contributed by atoms with Crippen molar-refractivity contribution in [1.29, 1.82) is 0 Å². The van der Waals surface area contributed by atoms with Crippen molar-refractivity contribution in [3.8, 4) is 0 Å². The molecule has 0 radical (unpaired) electrons.